The monoisotopic (exact) mass is 1130 g/mol. The number of hydrogen-bond donors (Lipinski definition) is 2. The van der Waals surface area contributed by atoms with Crippen molar-refractivity contribution in [3.63, 3.8) is 0 Å². The molecule has 0 aromatic heterocycles. The van der Waals surface area contributed by atoms with Crippen molar-refractivity contribution < 1.29 is 74.6 Å². The number of carbonyl (C=O) groups excluding carboxylic acids is 4. The van der Waals surface area contributed by atoms with Crippen LogP contribution in [0.2, 0.25) is 0 Å². The highest BCUT2D eigenvalue weighted by atomic mass is 32.2. The number of hydrogen-bond acceptors (Lipinski definition) is 16. The van der Waals surface area contributed by atoms with Crippen LogP contribution in [0.25, 0.3) is 6.08 Å². The van der Waals surface area contributed by atoms with Gasteiger partial charge in [0.1, 0.15) is 31.5 Å². The van der Waals surface area contributed by atoms with E-state index in [1.165, 1.54) is 12.1 Å². The minimum atomic E-state index is -3.72. The first-order chi connectivity index (χ1) is 38.7. The summed E-state index contributed by atoms with van der Waals surface area (Å²) in [6, 6.07) is 51.6. The van der Waals surface area contributed by atoms with Crippen LogP contribution in [0, 0.1) is 5.92 Å². The summed E-state index contributed by atoms with van der Waals surface area (Å²) < 4.78 is 77.4. The summed E-state index contributed by atoms with van der Waals surface area (Å²) in [5.74, 6) is -3.36. The van der Waals surface area contributed by atoms with E-state index in [0.29, 0.717) is 35.1 Å². The van der Waals surface area contributed by atoms with E-state index >= 15 is 0 Å². The molecule has 0 amide bonds. The molecule has 16 nitrogen and oxygen atoms in total. The van der Waals surface area contributed by atoms with Crippen LogP contribution in [0.1, 0.15) is 72.7 Å². The van der Waals surface area contributed by atoms with Gasteiger partial charge in [0.05, 0.1) is 63.4 Å². The lowest BCUT2D eigenvalue weighted by atomic mass is 9.94. The molecule has 0 bridgehead atoms. The van der Waals surface area contributed by atoms with Gasteiger partial charge in [0.15, 0.2) is 9.84 Å². The molecule has 2 aliphatic heterocycles. The second kappa shape index (κ2) is 31.6. The Balaban J connectivity index is 0.000000247. The Morgan fingerprint density at radius 3 is 1.35 bits per heavy atom. The molecule has 0 aliphatic carbocycles. The van der Waals surface area contributed by atoms with Crippen molar-refractivity contribution in [3.8, 4) is 0 Å². The highest BCUT2D eigenvalue weighted by Gasteiger charge is 2.46. The smallest absolute Gasteiger partial charge is 0.338 e. The zero-order valence-electron chi connectivity index (χ0n) is 43.5. The molecule has 2 N–H and O–H groups in total. The molecule has 9 atom stereocenters. The lowest BCUT2D eigenvalue weighted by Gasteiger charge is -2.23. The first-order valence-electron chi connectivity index (χ1n) is 25.6. The van der Waals surface area contributed by atoms with Gasteiger partial charge in [-0.05, 0) is 84.6 Å². The number of aliphatic hydroxyl groups is 2. The van der Waals surface area contributed by atoms with Crippen LogP contribution < -0.4 is 0 Å². The average molecular weight is 1130 g/mol. The van der Waals surface area contributed by atoms with E-state index < -0.39 is 93.9 Å². The minimum Gasteiger partial charge on any atom is -0.458 e. The SMILES string of the molecule is C=CC[C@@H]1O[C@H](C[C@@H](COC(=O)c2ccccc2)OC(=O)c2ccccc2)[C@H](O)C1=Cc1ccccc1.C=CC[C@@H]1O[C@H](C[C@@H](COC(=O)c2ccccc2)OC(=O)c2ccccc2)[C@H](O)[C@H]1CS(=O)(=O)c1ccccc1.O=S=O. The molecular formula is C62H62O16S2. The summed E-state index contributed by atoms with van der Waals surface area (Å²) in [6.07, 6.45) is -0.184. The van der Waals surface area contributed by atoms with Gasteiger partial charge in [-0.3, -0.25) is 0 Å². The van der Waals surface area contributed by atoms with E-state index in [2.05, 4.69) is 13.2 Å². The lowest BCUT2D eigenvalue weighted by molar-refractivity contribution is -0.0450. The molecule has 6 aromatic carbocycles. The number of carbonyl (C=O) groups is 4. The molecule has 2 aliphatic rings. The zero-order valence-corrected chi connectivity index (χ0v) is 45.2. The fourth-order valence-corrected chi connectivity index (χ4v) is 10.6. The van der Waals surface area contributed by atoms with Gasteiger partial charge in [0.25, 0.3) is 0 Å². The van der Waals surface area contributed by atoms with Crippen molar-refractivity contribution in [1.82, 2.24) is 0 Å². The third-order valence-electron chi connectivity index (χ3n) is 12.9. The van der Waals surface area contributed by atoms with Crippen LogP contribution in [0.5, 0.6) is 0 Å². The quantitative estimate of drug-likeness (QED) is 0.0367. The Bertz CT molecular complexity index is 3100. The second-order valence-corrected chi connectivity index (χ2v) is 20.6. The second-order valence-electron chi connectivity index (χ2n) is 18.4. The maximum atomic E-state index is 13.1. The Kier molecular flexibility index (Phi) is 24.2. The molecule has 2 fully saturated rings. The number of sulfone groups is 1. The Labute approximate surface area is 468 Å². The maximum absolute atomic E-state index is 13.1. The number of aliphatic hydroxyl groups excluding tert-OH is 2. The maximum Gasteiger partial charge on any atom is 0.338 e. The van der Waals surface area contributed by atoms with Gasteiger partial charge < -0.3 is 38.6 Å². The van der Waals surface area contributed by atoms with E-state index in [1.807, 2.05) is 36.4 Å². The van der Waals surface area contributed by atoms with Gasteiger partial charge in [-0.2, -0.15) is 8.42 Å². The van der Waals surface area contributed by atoms with Gasteiger partial charge in [-0.25, -0.2) is 27.6 Å². The average Bonchev–Trinajstić information content (AvgIpc) is 3.95. The van der Waals surface area contributed by atoms with E-state index in [-0.39, 0.29) is 42.8 Å². The van der Waals surface area contributed by atoms with E-state index in [4.69, 9.17) is 36.8 Å². The normalized spacial score (nSPS) is 20.4. The van der Waals surface area contributed by atoms with Gasteiger partial charge >= 0.3 is 35.4 Å². The van der Waals surface area contributed by atoms with Crippen LogP contribution in [0.3, 0.4) is 0 Å². The largest absolute Gasteiger partial charge is 0.458 e. The number of ether oxygens (including phenoxy) is 6. The number of benzene rings is 6. The highest BCUT2D eigenvalue weighted by Crippen LogP contribution is 2.36. The summed E-state index contributed by atoms with van der Waals surface area (Å²) in [7, 11) is -3.72. The molecule has 2 saturated heterocycles. The van der Waals surface area contributed by atoms with Crippen molar-refractivity contribution in [2.75, 3.05) is 19.0 Å². The van der Waals surface area contributed by atoms with Crippen LogP contribution >= 0.6 is 0 Å². The summed E-state index contributed by atoms with van der Waals surface area (Å²) in [4.78, 5) is 50.9. The van der Waals surface area contributed by atoms with Crippen LogP contribution in [-0.4, -0.2) is 119 Å². The van der Waals surface area contributed by atoms with Crippen LogP contribution in [0.4, 0.5) is 0 Å². The minimum absolute atomic E-state index is 0.0165. The van der Waals surface area contributed by atoms with Crippen molar-refractivity contribution in [2.24, 2.45) is 5.92 Å². The van der Waals surface area contributed by atoms with Crippen LogP contribution in [-0.2, 0) is 49.8 Å². The first kappa shape index (κ1) is 61.2. The first-order valence-corrected chi connectivity index (χ1v) is 27.9. The van der Waals surface area contributed by atoms with Gasteiger partial charge in [-0.15, -0.1) is 13.2 Å². The van der Waals surface area contributed by atoms with Crippen molar-refractivity contribution >= 4 is 51.4 Å². The molecule has 0 saturated carbocycles. The fourth-order valence-electron chi connectivity index (χ4n) is 8.95. The summed E-state index contributed by atoms with van der Waals surface area (Å²) in [5.41, 5.74) is 3.09. The highest BCUT2D eigenvalue weighted by molar-refractivity contribution is 7.91. The molecule has 2 heterocycles. The zero-order chi connectivity index (χ0) is 57.3. The van der Waals surface area contributed by atoms with E-state index in [1.54, 1.807) is 152 Å². The predicted molar refractivity (Wildman–Crippen MR) is 298 cm³/mol. The molecule has 418 valence electrons. The molecule has 0 spiro atoms. The number of esters is 4. The topological polar surface area (TPSA) is 232 Å². The molecule has 80 heavy (non-hydrogen) atoms. The molecular weight excluding hydrogens is 1060 g/mol. The summed E-state index contributed by atoms with van der Waals surface area (Å²) in [6.45, 7) is 7.09. The third kappa shape index (κ3) is 18.3. The molecule has 6 aromatic rings. The summed E-state index contributed by atoms with van der Waals surface area (Å²) in [5, 5.41) is 22.4. The van der Waals surface area contributed by atoms with Crippen LogP contribution in [0.15, 0.2) is 218 Å². The van der Waals surface area contributed by atoms with Crippen molar-refractivity contribution in [3.05, 3.63) is 241 Å². The molecule has 0 unspecified atom stereocenters. The van der Waals surface area contributed by atoms with Gasteiger partial charge in [-0.1, -0.05) is 140 Å². The summed E-state index contributed by atoms with van der Waals surface area (Å²) >= 11 is -0.750. The van der Waals surface area contributed by atoms with E-state index in [9.17, 15) is 37.8 Å². The molecule has 0 radical (unpaired) electrons. The number of rotatable bonds is 22. The Morgan fingerprint density at radius 2 is 0.925 bits per heavy atom. The van der Waals surface area contributed by atoms with Gasteiger partial charge in [0.2, 0.25) is 0 Å². The predicted octanol–water partition coefficient (Wildman–Crippen LogP) is 8.83. The van der Waals surface area contributed by atoms with Crippen molar-refractivity contribution in [1.29, 1.82) is 0 Å². The third-order valence-corrected chi connectivity index (χ3v) is 14.7. The standard InChI is InChI=1S/C31H32O8S.C31H30O6.O2S/c1-2-12-27-26(21-40(35,36)25-17-10-5-11-18-25)29(32)28(39-27)19-24(38-31(34)23-15-8-4-9-16-23)20-37-30(33)22-13-6-3-7-14-22;1-2-12-27-26(19-22-13-6-3-7-14-22)29(32)28(37-27)20-25(36-31(34)24-17-10-5-11-18-24)21-35-30(33)23-15-8-4-9-16-23;1-3-2/h2-11,13-18,24,26-29,32H,1,12,19-21H2;2-11,13-19,25,27-29,32H,1,12,20-21H2;/t24-,26-,27-,28+,29+;25-,27-,28+,29+;/m00./s1. The fraction of sp³-hybridized carbons (Fsp3) is 0.258. The van der Waals surface area contributed by atoms with Crippen molar-refractivity contribution in [2.45, 2.75) is 79.4 Å². The Morgan fingerprint density at radius 1 is 0.537 bits per heavy atom. The molecule has 8 rings (SSSR count). The molecule has 18 heteroatoms. The van der Waals surface area contributed by atoms with E-state index in [0.717, 1.165) is 11.1 Å². The van der Waals surface area contributed by atoms with Gasteiger partial charge in [0, 0.05) is 18.8 Å². The Hall–Kier alpha value is -7.97. The lowest BCUT2D eigenvalue weighted by Crippen LogP contribution is -2.36.